The molecule has 3 N–H and O–H groups in total. The molecule has 0 bridgehead atoms. The first-order valence-corrected chi connectivity index (χ1v) is 12.6. The summed E-state index contributed by atoms with van der Waals surface area (Å²) in [5, 5.41) is 3.45. The van der Waals surface area contributed by atoms with E-state index in [4.69, 9.17) is 15.2 Å². The molecule has 0 aromatic carbocycles. The van der Waals surface area contributed by atoms with Gasteiger partial charge in [-0.25, -0.2) is 19.7 Å². The van der Waals surface area contributed by atoms with Gasteiger partial charge in [-0.1, -0.05) is 0 Å². The molecule has 11 heteroatoms. The van der Waals surface area contributed by atoms with E-state index >= 15 is 0 Å². The van der Waals surface area contributed by atoms with E-state index in [1.807, 2.05) is 37.5 Å². The molecule has 2 saturated heterocycles. The first kappa shape index (κ1) is 24.2. The molecule has 192 valence electrons. The highest BCUT2D eigenvalue weighted by Gasteiger charge is 2.28. The minimum absolute atomic E-state index is 0.0914. The second kappa shape index (κ2) is 9.88. The van der Waals surface area contributed by atoms with Crippen LogP contribution in [0.2, 0.25) is 0 Å². The molecule has 2 unspecified atom stereocenters. The van der Waals surface area contributed by atoms with Crippen LogP contribution < -0.4 is 11.1 Å². The molecule has 36 heavy (non-hydrogen) atoms. The molecule has 5 rings (SSSR count). The number of fused-ring (bicyclic) bond motifs is 1. The number of nitrogens with one attached hydrogen (secondary N) is 1. The average Bonchev–Trinajstić information content (AvgIpc) is 3.27. The number of piperidine rings is 1. The number of nitrogens with two attached hydrogens (primary N) is 1. The Morgan fingerprint density at radius 3 is 2.75 bits per heavy atom. The number of aromatic nitrogens is 5. The number of pyridine rings is 1. The molecule has 0 saturated carbocycles. The number of nitrogen functional groups attached to an aromatic ring is 1. The predicted octanol–water partition coefficient (Wildman–Crippen LogP) is 3.98. The van der Waals surface area contributed by atoms with Gasteiger partial charge in [-0.15, -0.1) is 0 Å². The van der Waals surface area contributed by atoms with Gasteiger partial charge in [-0.3, -0.25) is 4.57 Å². The fourth-order valence-corrected chi connectivity index (χ4v) is 4.70. The second-order valence-electron chi connectivity index (χ2n) is 10.4. The summed E-state index contributed by atoms with van der Waals surface area (Å²) in [6, 6.07) is 3.95. The normalized spacial score (nSPS) is 20.9. The van der Waals surface area contributed by atoms with Crippen LogP contribution in [0.3, 0.4) is 0 Å². The van der Waals surface area contributed by atoms with Crippen LogP contribution in [0.4, 0.5) is 16.6 Å². The molecule has 0 spiro atoms. The highest BCUT2D eigenvalue weighted by atomic mass is 16.6. The van der Waals surface area contributed by atoms with Crippen LogP contribution in [-0.2, 0) is 9.47 Å². The van der Waals surface area contributed by atoms with Gasteiger partial charge in [-0.2, -0.15) is 4.98 Å². The lowest BCUT2D eigenvalue weighted by Crippen LogP contribution is -2.47. The lowest BCUT2D eigenvalue weighted by Gasteiger charge is -2.34. The summed E-state index contributed by atoms with van der Waals surface area (Å²) >= 11 is 0. The van der Waals surface area contributed by atoms with Crippen molar-refractivity contribution in [3.8, 4) is 11.3 Å². The van der Waals surface area contributed by atoms with Crippen LogP contribution in [0.15, 0.2) is 24.7 Å². The van der Waals surface area contributed by atoms with Gasteiger partial charge >= 0.3 is 6.09 Å². The molecule has 3 aromatic rings. The molecule has 3 aromatic heterocycles. The monoisotopic (exact) mass is 494 g/mol. The van der Waals surface area contributed by atoms with Crippen LogP contribution in [0, 0.1) is 0 Å². The summed E-state index contributed by atoms with van der Waals surface area (Å²) in [5.74, 6) is 0.913. The Kier molecular flexibility index (Phi) is 6.65. The SMILES string of the molecule is CC(C)(C)OC(=O)N1CCCC(Nc2ccc(-c3nc(N)nc4c3ncn4C3CCCCO3)cn2)C1. The summed E-state index contributed by atoms with van der Waals surface area (Å²) in [7, 11) is 0. The van der Waals surface area contributed by atoms with Crippen LogP contribution in [0.5, 0.6) is 0 Å². The van der Waals surface area contributed by atoms with Crippen LogP contribution in [-0.4, -0.2) is 66.8 Å². The highest BCUT2D eigenvalue weighted by molar-refractivity contribution is 5.88. The number of amides is 1. The van der Waals surface area contributed by atoms with Crippen LogP contribution >= 0.6 is 0 Å². The molecule has 2 aliphatic rings. The molecule has 5 heterocycles. The minimum Gasteiger partial charge on any atom is -0.444 e. The summed E-state index contributed by atoms with van der Waals surface area (Å²) in [6.45, 7) is 7.63. The third-order valence-electron chi connectivity index (χ3n) is 6.37. The maximum absolute atomic E-state index is 12.5. The van der Waals surface area contributed by atoms with E-state index < -0.39 is 5.60 Å². The van der Waals surface area contributed by atoms with E-state index in [9.17, 15) is 4.79 Å². The van der Waals surface area contributed by atoms with Crippen molar-refractivity contribution in [3.05, 3.63) is 24.7 Å². The maximum Gasteiger partial charge on any atom is 0.410 e. The van der Waals surface area contributed by atoms with E-state index in [1.54, 1.807) is 17.4 Å². The summed E-state index contributed by atoms with van der Waals surface area (Å²) in [5.41, 5.74) is 8.33. The molecule has 2 atom stereocenters. The van der Waals surface area contributed by atoms with Crippen molar-refractivity contribution in [1.82, 2.24) is 29.4 Å². The molecule has 0 radical (unpaired) electrons. The zero-order chi connectivity index (χ0) is 25.3. The third kappa shape index (κ3) is 5.35. The molecule has 2 aliphatic heterocycles. The van der Waals surface area contributed by atoms with Crippen LogP contribution in [0.1, 0.15) is 59.1 Å². The van der Waals surface area contributed by atoms with Crippen molar-refractivity contribution < 1.29 is 14.3 Å². The summed E-state index contributed by atoms with van der Waals surface area (Å²) in [4.78, 5) is 32.3. The van der Waals surface area contributed by atoms with Crippen molar-refractivity contribution in [2.75, 3.05) is 30.7 Å². The quantitative estimate of drug-likeness (QED) is 0.552. The van der Waals surface area contributed by atoms with Crippen molar-refractivity contribution in [2.24, 2.45) is 0 Å². The summed E-state index contributed by atoms with van der Waals surface area (Å²) < 4.78 is 13.4. The van der Waals surface area contributed by atoms with Crippen molar-refractivity contribution >= 4 is 29.0 Å². The maximum atomic E-state index is 12.5. The zero-order valence-electron chi connectivity index (χ0n) is 21.1. The highest BCUT2D eigenvalue weighted by Crippen LogP contribution is 2.30. The summed E-state index contributed by atoms with van der Waals surface area (Å²) in [6.07, 6.45) is 8.08. The first-order chi connectivity index (χ1) is 17.3. The fourth-order valence-electron chi connectivity index (χ4n) is 4.70. The number of carbonyl (C=O) groups is 1. The predicted molar refractivity (Wildman–Crippen MR) is 136 cm³/mol. The van der Waals surface area contributed by atoms with Gasteiger partial charge in [0.2, 0.25) is 5.95 Å². The smallest absolute Gasteiger partial charge is 0.410 e. The number of carbonyl (C=O) groups excluding carboxylic acids is 1. The number of rotatable bonds is 4. The third-order valence-corrected chi connectivity index (χ3v) is 6.37. The van der Waals surface area contributed by atoms with Crippen molar-refractivity contribution in [2.45, 2.75) is 70.7 Å². The first-order valence-electron chi connectivity index (χ1n) is 12.6. The standard InChI is InChI=1S/C25H34N8O3/c1-25(2,3)36-24(34)32-11-6-7-17(14-32)29-18-10-9-16(13-27-18)20-21-22(31-23(26)30-20)33(15-28-21)19-8-4-5-12-35-19/h9-10,13,15,17,19H,4-8,11-12,14H2,1-3H3,(H,27,29)(H2,26,30,31). The second-order valence-corrected chi connectivity index (χ2v) is 10.4. The van der Waals surface area contributed by atoms with Gasteiger partial charge in [0.25, 0.3) is 0 Å². The Morgan fingerprint density at radius 2 is 2.03 bits per heavy atom. The van der Waals surface area contributed by atoms with E-state index in [0.717, 1.165) is 50.1 Å². The lowest BCUT2D eigenvalue weighted by atomic mass is 10.1. The fraction of sp³-hybridized carbons (Fsp3) is 0.560. The number of anilines is 2. The average molecular weight is 495 g/mol. The van der Waals surface area contributed by atoms with E-state index in [2.05, 4.69) is 25.3 Å². The lowest BCUT2D eigenvalue weighted by molar-refractivity contribution is -0.0298. The molecular weight excluding hydrogens is 460 g/mol. The van der Waals surface area contributed by atoms with E-state index in [1.165, 1.54) is 0 Å². The van der Waals surface area contributed by atoms with Gasteiger partial charge in [0.05, 0.1) is 6.33 Å². The van der Waals surface area contributed by atoms with Gasteiger partial charge in [-0.05, 0) is 65.0 Å². The van der Waals surface area contributed by atoms with Crippen molar-refractivity contribution in [3.63, 3.8) is 0 Å². The number of imidazole rings is 1. The van der Waals surface area contributed by atoms with Gasteiger partial charge in [0.15, 0.2) is 5.65 Å². The zero-order valence-corrected chi connectivity index (χ0v) is 21.1. The Labute approximate surface area is 210 Å². The Morgan fingerprint density at radius 1 is 1.17 bits per heavy atom. The number of ether oxygens (including phenoxy) is 2. The molecular formula is C25H34N8O3. The number of nitrogens with zero attached hydrogens (tertiary/aromatic N) is 6. The van der Waals surface area contributed by atoms with E-state index in [0.29, 0.717) is 29.9 Å². The largest absolute Gasteiger partial charge is 0.444 e. The topological polar surface area (TPSA) is 133 Å². The molecule has 1 amide bonds. The van der Waals surface area contributed by atoms with Gasteiger partial charge in [0.1, 0.15) is 28.9 Å². The molecule has 2 fully saturated rings. The van der Waals surface area contributed by atoms with Crippen molar-refractivity contribution in [1.29, 1.82) is 0 Å². The van der Waals surface area contributed by atoms with Crippen LogP contribution in [0.25, 0.3) is 22.4 Å². The molecule has 0 aliphatic carbocycles. The number of likely N-dealkylation sites (tertiary alicyclic amines) is 1. The Balaban J connectivity index is 1.31. The molecule has 11 nitrogen and oxygen atoms in total. The Hall–Kier alpha value is -3.47. The minimum atomic E-state index is -0.510. The van der Waals surface area contributed by atoms with Gasteiger partial charge in [0, 0.05) is 37.5 Å². The number of hydrogen-bond donors (Lipinski definition) is 2. The van der Waals surface area contributed by atoms with E-state index in [-0.39, 0.29) is 24.3 Å². The number of hydrogen-bond acceptors (Lipinski definition) is 9. The van der Waals surface area contributed by atoms with Gasteiger partial charge < -0.3 is 25.4 Å². The Bertz CT molecular complexity index is 1210.